The van der Waals surface area contributed by atoms with Crippen LogP contribution in [0.2, 0.25) is 0 Å². The molecular formula is C55H106N3O31P3. The van der Waals surface area contributed by atoms with Gasteiger partial charge in [0.25, 0.3) is 0 Å². The van der Waals surface area contributed by atoms with Crippen LogP contribution in [0.5, 0.6) is 0 Å². The molecule has 34 nitrogen and oxygen atoms in total. The van der Waals surface area contributed by atoms with Crippen LogP contribution in [0.1, 0.15) is 124 Å². The van der Waals surface area contributed by atoms with Gasteiger partial charge >= 0.3 is 23.5 Å². The maximum absolute atomic E-state index is 12.6. The van der Waals surface area contributed by atoms with Gasteiger partial charge in [-0.2, -0.15) is 0 Å². The number of amides is 3. The quantitative estimate of drug-likeness (QED) is 0.0183. The van der Waals surface area contributed by atoms with Crippen molar-refractivity contribution in [3.63, 3.8) is 0 Å². The molecule has 0 aromatic heterocycles. The molecule has 37 heteroatoms. The molecule has 0 radical (unpaired) electrons. The molecule has 0 heterocycles. The Bertz CT molecular complexity index is 1880. The van der Waals surface area contributed by atoms with Crippen molar-refractivity contribution < 1.29 is 147 Å². The molecule has 0 fully saturated rings. The van der Waals surface area contributed by atoms with E-state index in [1.54, 1.807) is 6.92 Å². The molecule has 0 bridgehead atoms. The lowest BCUT2D eigenvalue weighted by Crippen LogP contribution is -2.52. The lowest BCUT2D eigenvalue weighted by atomic mass is 9.92. The number of nitrogens with one attached hydrogen (secondary N) is 3. The Morgan fingerprint density at radius 3 is 0.826 bits per heavy atom. The summed E-state index contributed by atoms with van der Waals surface area (Å²) in [6.07, 6.45) is -0.0930. The molecule has 92 heavy (non-hydrogen) atoms. The molecule has 0 rings (SSSR count). The first-order valence-electron chi connectivity index (χ1n) is 30.6. The Morgan fingerprint density at radius 1 is 0.380 bits per heavy atom. The van der Waals surface area contributed by atoms with E-state index in [0.717, 1.165) is 0 Å². The van der Waals surface area contributed by atoms with Gasteiger partial charge in [0.15, 0.2) is 37.7 Å². The van der Waals surface area contributed by atoms with E-state index in [1.807, 2.05) is 0 Å². The molecule has 0 aromatic rings. The third-order valence-electron chi connectivity index (χ3n) is 12.8. The summed E-state index contributed by atoms with van der Waals surface area (Å²) < 4.78 is 125. The zero-order chi connectivity index (χ0) is 69.1. The standard InChI is InChI=1S/C55H106N3O31P3/c1-8-77-39-55(40-78-24-21-33-87-90(68,69)84-30-18-12-9-15-27-81-52(74-5)49(46(65)36-59)56-43(2)62,41-79-25-22-34-88-91(70,71)85-31-19-13-10-16-28-82-53(75-6)50(47(66)37-60)57-44(3)63)42-80-26-23-35-89-92(72,73)86-32-20-14-11-17-29-83-54(76-7)51(48(67)38-61)58-45(4)64/h36-38,46-54,65-67H,8-35,39-42H2,1-7H3,(H,56,62)(H,57,63)(H,58,64)(H,68,69)(H,70,71)(H,72,73)/t46-,47-,48-,49?,50?,51?,52?,53?,54?,55?/m1/s1. The SMILES string of the molecule is CCOCC(COCCCOP(=O)(O)OCCCCCCOC(OC)C(NC(C)=O)[C@H](O)C=O)(COCCCOP(=O)(O)OCCCCCCOC(OC)C(NC(C)=O)[C@H](O)C=O)COCCCOP(=O)(O)OCCCCCCOC(OC)C(NC(C)=O)[C@H](O)C=O. The van der Waals surface area contributed by atoms with E-state index < -0.39 is 102 Å². The number of ether oxygens (including phenoxy) is 10. The Hall–Kier alpha value is -2.77. The van der Waals surface area contributed by atoms with Crippen molar-refractivity contribution in [2.45, 2.75) is 179 Å². The second-order valence-corrected chi connectivity index (χ2v) is 25.3. The third kappa shape index (κ3) is 45.6. The van der Waals surface area contributed by atoms with E-state index in [1.165, 1.54) is 42.1 Å². The maximum atomic E-state index is 12.6. The van der Waals surface area contributed by atoms with Crippen molar-refractivity contribution in [2.24, 2.45) is 5.41 Å². The summed E-state index contributed by atoms with van der Waals surface area (Å²) in [6, 6.07) is -3.32. The first-order valence-corrected chi connectivity index (χ1v) is 35.1. The van der Waals surface area contributed by atoms with Gasteiger partial charge < -0.3 is 108 Å². The predicted molar refractivity (Wildman–Crippen MR) is 325 cm³/mol. The fourth-order valence-electron chi connectivity index (χ4n) is 8.24. The maximum Gasteiger partial charge on any atom is 0.472 e. The van der Waals surface area contributed by atoms with Gasteiger partial charge in [-0.05, 0) is 64.7 Å². The summed E-state index contributed by atoms with van der Waals surface area (Å²) in [6.45, 7) is 5.66. The number of aldehydes is 3. The number of methoxy groups -OCH3 is 3. The van der Waals surface area contributed by atoms with Crippen molar-refractivity contribution in [1.29, 1.82) is 0 Å². The van der Waals surface area contributed by atoms with Gasteiger partial charge in [-0.1, -0.05) is 38.5 Å². The van der Waals surface area contributed by atoms with Crippen LogP contribution < -0.4 is 16.0 Å². The minimum absolute atomic E-state index is 0.00297. The number of phosphoric acid groups is 3. The van der Waals surface area contributed by atoms with Gasteiger partial charge in [0.05, 0.1) is 71.5 Å². The second kappa shape index (κ2) is 54.3. The number of hydrogen-bond donors (Lipinski definition) is 9. The third-order valence-corrected chi connectivity index (χ3v) is 15.9. The van der Waals surface area contributed by atoms with Gasteiger partial charge in [-0.25, -0.2) is 13.7 Å². The molecule has 0 aliphatic carbocycles. The number of carbonyl (C=O) groups excluding carboxylic acids is 6. The molecule has 0 aromatic carbocycles. The van der Waals surface area contributed by atoms with Crippen molar-refractivity contribution in [2.75, 3.05) is 134 Å². The molecule has 542 valence electrons. The topological polar surface area (TPSA) is 459 Å². The monoisotopic (exact) mass is 1400 g/mol. The van der Waals surface area contributed by atoms with Crippen molar-refractivity contribution in [3.8, 4) is 0 Å². The normalized spacial score (nSPS) is 17.4. The highest BCUT2D eigenvalue weighted by Gasteiger charge is 2.35. The molecule has 0 saturated heterocycles. The molecule has 0 spiro atoms. The molecule has 0 saturated carbocycles. The van der Waals surface area contributed by atoms with E-state index in [-0.39, 0.29) is 144 Å². The Kier molecular flexibility index (Phi) is 52.6. The fourth-order valence-corrected chi connectivity index (χ4v) is 10.6. The van der Waals surface area contributed by atoms with Crippen LogP contribution in [-0.4, -0.2) is 256 Å². The fraction of sp³-hybridized carbons (Fsp3) is 0.891. The average molecular weight is 1400 g/mol. The van der Waals surface area contributed by atoms with E-state index >= 15 is 0 Å². The summed E-state index contributed by atoms with van der Waals surface area (Å²) in [4.78, 5) is 98.7. The van der Waals surface area contributed by atoms with E-state index in [4.69, 9.17) is 74.5 Å². The van der Waals surface area contributed by atoms with Crippen LogP contribution in [-0.2, 0) is 117 Å². The first-order chi connectivity index (χ1) is 43.8. The molecule has 3 amide bonds. The van der Waals surface area contributed by atoms with Crippen LogP contribution in [0.25, 0.3) is 0 Å². The molecular weight excluding hydrogens is 1290 g/mol. The lowest BCUT2D eigenvalue weighted by molar-refractivity contribution is -0.165. The van der Waals surface area contributed by atoms with Gasteiger partial charge in [0.2, 0.25) is 17.7 Å². The molecule has 0 aliphatic heterocycles. The second-order valence-electron chi connectivity index (χ2n) is 21.0. The van der Waals surface area contributed by atoms with E-state index in [0.29, 0.717) is 83.7 Å². The van der Waals surface area contributed by atoms with E-state index in [2.05, 4.69) is 16.0 Å². The highest BCUT2D eigenvalue weighted by Crippen LogP contribution is 2.45. The van der Waals surface area contributed by atoms with Gasteiger partial charge in [0, 0.05) is 88.3 Å². The van der Waals surface area contributed by atoms with Crippen LogP contribution in [0, 0.1) is 5.41 Å². The van der Waals surface area contributed by atoms with Gasteiger partial charge in [-0.3, -0.25) is 41.5 Å². The Morgan fingerprint density at radius 2 is 0.609 bits per heavy atom. The van der Waals surface area contributed by atoms with Crippen LogP contribution in [0.4, 0.5) is 0 Å². The molecule has 0 aliphatic rings. The van der Waals surface area contributed by atoms with E-state index in [9.17, 15) is 72.5 Å². The number of carbonyl (C=O) groups is 6. The lowest BCUT2D eigenvalue weighted by Gasteiger charge is -2.33. The highest BCUT2D eigenvalue weighted by atomic mass is 31.2. The number of unbranched alkanes of at least 4 members (excludes halogenated alkanes) is 9. The number of hydrogen-bond acceptors (Lipinski definition) is 28. The number of phosphoric ester groups is 3. The smallest absolute Gasteiger partial charge is 0.383 e. The summed E-state index contributed by atoms with van der Waals surface area (Å²) in [5.74, 6) is -1.46. The van der Waals surface area contributed by atoms with Gasteiger partial charge in [-0.15, -0.1) is 0 Å². The summed E-state index contributed by atoms with van der Waals surface area (Å²) in [5, 5.41) is 37.1. The minimum Gasteiger partial charge on any atom is -0.383 e. The van der Waals surface area contributed by atoms with Crippen molar-refractivity contribution in [3.05, 3.63) is 0 Å². The van der Waals surface area contributed by atoms with Gasteiger partial charge in [0.1, 0.15) is 36.4 Å². The number of aliphatic hydroxyl groups is 3. The van der Waals surface area contributed by atoms with Crippen molar-refractivity contribution >= 4 is 60.0 Å². The highest BCUT2D eigenvalue weighted by molar-refractivity contribution is 7.47. The first kappa shape index (κ1) is 89.2. The van der Waals surface area contributed by atoms with Crippen LogP contribution >= 0.6 is 23.5 Å². The molecule has 9 N–H and O–H groups in total. The Balaban J connectivity index is 5.27. The van der Waals surface area contributed by atoms with Crippen LogP contribution in [0.15, 0.2) is 0 Å². The molecule has 12 atom stereocenters. The summed E-state index contributed by atoms with van der Waals surface area (Å²) in [5.41, 5.74) is -0.957. The number of aliphatic hydroxyl groups excluding tert-OH is 3. The zero-order valence-electron chi connectivity index (χ0n) is 54.3. The predicted octanol–water partition coefficient (Wildman–Crippen LogP) is 2.47. The largest absolute Gasteiger partial charge is 0.472 e. The zero-order valence-corrected chi connectivity index (χ0v) is 57.0. The average Bonchev–Trinajstić information content (AvgIpc) is 1.44. The number of rotatable bonds is 66. The minimum atomic E-state index is -4.42. The summed E-state index contributed by atoms with van der Waals surface area (Å²) in [7, 11) is -9.35. The Labute approximate surface area is 539 Å². The summed E-state index contributed by atoms with van der Waals surface area (Å²) >= 11 is 0. The van der Waals surface area contributed by atoms with Crippen molar-refractivity contribution in [1.82, 2.24) is 16.0 Å². The molecule has 9 unspecified atom stereocenters. The van der Waals surface area contributed by atoms with Crippen LogP contribution in [0.3, 0.4) is 0 Å².